The van der Waals surface area contributed by atoms with Crippen LogP contribution in [0.15, 0.2) is 0 Å². The number of thioether (sulfide) groups is 2. The summed E-state index contributed by atoms with van der Waals surface area (Å²) in [5, 5.41) is 0. The van der Waals surface area contributed by atoms with Crippen LogP contribution in [0.4, 0.5) is 13.2 Å². The van der Waals surface area contributed by atoms with Crippen LogP contribution in [0.1, 0.15) is 13.8 Å². The van der Waals surface area contributed by atoms with Crippen molar-refractivity contribution >= 4 is 35.1 Å². The third kappa shape index (κ3) is 3.26. The third-order valence-corrected chi connectivity index (χ3v) is 4.36. The summed E-state index contributed by atoms with van der Waals surface area (Å²) >= 11 is 6.84. The van der Waals surface area contributed by atoms with Crippen molar-refractivity contribution in [3.05, 3.63) is 0 Å². The molecular weight excluding hydrogens is 229 g/mol. The molecule has 12 heavy (non-hydrogen) atoms. The zero-order valence-corrected chi connectivity index (χ0v) is 9.13. The molecule has 74 valence electrons. The Morgan fingerprint density at radius 3 is 1.58 bits per heavy atom. The van der Waals surface area contributed by atoms with Crippen LogP contribution in [-0.4, -0.2) is 21.2 Å². The molecule has 0 unspecified atom stereocenters. The summed E-state index contributed by atoms with van der Waals surface area (Å²) in [5.74, 6) is 0.714. The molecule has 0 rings (SSSR count). The highest BCUT2D eigenvalue weighted by Gasteiger charge is 2.54. The first-order chi connectivity index (χ1) is 5.37. The first kappa shape index (κ1) is 12.8. The minimum atomic E-state index is -4.35. The molecule has 0 aromatic rings. The van der Waals surface area contributed by atoms with E-state index in [2.05, 4.69) is 0 Å². The summed E-state index contributed by atoms with van der Waals surface area (Å²) in [7, 11) is 0. The average Bonchev–Trinajstić information content (AvgIpc) is 1.86. The predicted octanol–water partition coefficient (Wildman–Crippen LogP) is 3.95. The fourth-order valence-corrected chi connectivity index (χ4v) is 3.34. The number of halogens is 4. The molecule has 0 nitrogen and oxygen atoms in total. The SMILES string of the molecule is CCSC(Cl)(SCC)C(F)(F)F. The van der Waals surface area contributed by atoms with Crippen LogP contribution in [0.5, 0.6) is 0 Å². The summed E-state index contributed by atoms with van der Waals surface area (Å²) in [6.45, 7) is 3.31. The Kier molecular flexibility index (Phi) is 5.18. The van der Waals surface area contributed by atoms with Gasteiger partial charge in [0.15, 0.2) is 0 Å². The van der Waals surface area contributed by atoms with Crippen LogP contribution < -0.4 is 0 Å². The maximum absolute atomic E-state index is 12.3. The highest BCUT2D eigenvalue weighted by atomic mass is 35.5. The second-order valence-electron chi connectivity index (χ2n) is 1.90. The van der Waals surface area contributed by atoms with E-state index in [0.717, 1.165) is 0 Å². The van der Waals surface area contributed by atoms with Crippen LogP contribution in [0.25, 0.3) is 0 Å². The lowest BCUT2D eigenvalue weighted by molar-refractivity contribution is -0.120. The molecule has 0 fully saturated rings. The molecule has 0 aliphatic carbocycles. The minimum Gasteiger partial charge on any atom is -0.167 e. The van der Waals surface area contributed by atoms with E-state index in [9.17, 15) is 13.2 Å². The summed E-state index contributed by atoms with van der Waals surface area (Å²) in [6.07, 6.45) is -4.35. The van der Waals surface area contributed by atoms with Gasteiger partial charge in [0, 0.05) is 0 Å². The molecule has 0 spiro atoms. The van der Waals surface area contributed by atoms with Gasteiger partial charge in [0.25, 0.3) is 0 Å². The standard InChI is InChI=1S/C6H10ClF3S2/c1-3-11-5(7,12-4-2)6(8,9)10/h3-4H2,1-2H3. The van der Waals surface area contributed by atoms with Gasteiger partial charge in [-0.2, -0.15) is 13.2 Å². The van der Waals surface area contributed by atoms with E-state index in [1.54, 1.807) is 13.8 Å². The van der Waals surface area contributed by atoms with Crippen LogP contribution in [0, 0.1) is 0 Å². The van der Waals surface area contributed by atoms with Gasteiger partial charge in [0.1, 0.15) is 0 Å². The van der Waals surface area contributed by atoms with Crippen molar-refractivity contribution in [1.82, 2.24) is 0 Å². The second-order valence-corrected chi connectivity index (χ2v) is 6.13. The second kappa shape index (κ2) is 4.86. The van der Waals surface area contributed by atoms with Gasteiger partial charge in [-0.3, -0.25) is 0 Å². The Morgan fingerprint density at radius 1 is 1.08 bits per heavy atom. The van der Waals surface area contributed by atoms with Crippen molar-refractivity contribution < 1.29 is 13.2 Å². The lowest BCUT2D eigenvalue weighted by Gasteiger charge is -2.27. The smallest absolute Gasteiger partial charge is 0.167 e. The van der Waals surface area contributed by atoms with E-state index in [1.165, 1.54) is 0 Å². The first-order valence-electron chi connectivity index (χ1n) is 3.41. The van der Waals surface area contributed by atoms with Crippen molar-refractivity contribution in [1.29, 1.82) is 0 Å². The average molecular weight is 239 g/mol. The number of rotatable bonds is 4. The Bertz CT molecular complexity index is 131. The van der Waals surface area contributed by atoms with Gasteiger partial charge in [-0.25, -0.2) is 0 Å². The predicted molar refractivity (Wildman–Crippen MR) is 50.9 cm³/mol. The van der Waals surface area contributed by atoms with Crippen molar-refractivity contribution in [3.8, 4) is 0 Å². The zero-order valence-electron chi connectivity index (χ0n) is 6.74. The fraction of sp³-hybridized carbons (Fsp3) is 1.00. The van der Waals surface area contributed by atoms with E-state index in [4.69, 9.17) is 11.6 Å². The molecule has 0 aromatic carbocycles. The quantitative estimate of drug-likeness (QED) is 0.537. The Labute approximate surface area is 83.6 Å². The molecule has 0 aliphatic heterocycles. The van der Waals surface area contributed by atoms with Crippen molar-refractivity contribution in [2.45, 2.75) is 23.6 Å². The Morgan fingerprint density at radius 2 is 1.42 bits per heavy atom. The Hall–Kier alpha value is 0.780. The molecule has 0 saturated heterocycles. The van der Waals surface area contributed by atoms with E-state index >= 15 is 0 Å². The summed E-state index contributed by atoms with van der Waals surface area (Å²) in [5.41, 5.74) is 0. The molecular formula is C6H10ClF3S2. The van der Waals surface area contributed by atoms with Gasteiger partial charge >= 0.3 is 6.18 Å². The van der Waals surface area contributed by atoms with Gasteiger partial charge in [0.2, 0.25) is 3.54 Å². The zero-order chi connectivity index (χ0) is 9.83. The maximum atomic E-state index is 12.3. The number of hydrogen-bond donors (Lipinski definition) is 0. The molecule has 0 bridgehead atoms. The number of hydrogen-bond acceptors (Lipinski definition) is 2. The summed E-state index contributed by atoms with van der Waals surface area (Å²) in [4.78, 5) is 0. The van der Waals surface area contributed by atoms with Crippen molar-refractivity contribution in [2.75, 3.05) is 11.5 Å². The van der Waals surface area contributed by atoms with Crippen LogP contribution in [-0.2, 0) is 0 Å². The van der Waals surface area contributed by atoms with E-state index in [-0.39, 0.29) is 0 Å². The van der Waals surface area contributed by atoms with Gasteiger partial charge in [-0.15, -0.1) is 23.5 Å². The normalized spacial score (nSPS) is 13.5. The molecule has 0 amide bonds. The van der Waals surface area contributed by atoms with Gasteiger partial charge < -0.3 is 0 Å². The minimum absolute atomic E-state index is 0.357. The molecule has 0 N–H and O–H groups in total. The number of alkyl halides is 4. The van der Waals surface area contributed by atoms with Gasteiger partial charge in [-0.05, 0) is 11.5 Å². The highest BCUT2D eigenvalue weighted by Crippen LogP contribution is 2.52. The van der Waals surface area contributed by atoms with Crippen LogP contribution >= 0.6 is 35.1 Å². The van der Waals surface area contributed by atoms with E-state index in [0.29, 0.717) is 35.0 Å². The summed E-state index contributed by atoms with van der Waals surface area (Å²) < 4.78 is 34.8. The molecule has 0 aromatic heterocycles. The molecule has 0 aliphatic rings. The van der Waals surface area contributed by atoms with E-state index in [1.807, 2.05) is 0 Å². The van der Waals surface area contributed by atoms with Crippen LogP contribution in [0.2, 0.25) is 0 Å². The monoisotopic (exact) mass is 238 g/mol. The maximum Gasteiger partial charge on any atom is 0.426 e. The first-order valence-corrected chi connectivity index (χ1v) is 5.75. The highest BCUT2D eigenvalue weighted by molar-refractivity contribution is 8.20. The summed E-state index contributed by atoms with van der Waals surface area (Å²) in [6, 6.07) is 0. The lowest BCUT2D eigenvalue weighted by Crippen LogP contribution is -2.33. The molecule has 0 radical (unpaired) electrons. The van der Waals surface area contributed by atoms with Gasteiger partial charge in [0.05, 0.1) is 0 Å². The molecule has 6 heteroatoms. The molecule has 0 atom stereocenters. The fourth-order valence-electron chi connectivity index (χ4n) is 0.577. The van der Waals surface area contributed by atoms with Crippen LogP contribution in [0.3, 0.4) is 0 Å². The van der Waals surface area contributed by atoms with E-state index < -0.39 is 9.71 Å². The van der Waals surface area contributed by atoms with Crippen molar-refractivity contribution in [2.24, 2.45) is 0 Å². The Balaban J connectivity index is 4.38. The molecule has 0 saturated carbocycles. The molecule has 0 heterocycles. The lowest BCUT2D eigenvalue weighted by atomic mass is 10.8. The van der Waals surface area contributed by atoms with Gasteiger partial charge in [-0.1, -0.05) is 25.4 Å². The topological polar surface area (TPSA) is 0 Å². The van der Waals surface area contributed by atoms with Crippen molar-refractivity contribution in [3.63, 3.8) is 0 Å². The third-order valence-electron chi connectivity index (χ3n) is 0.999. The largest absolute Gasteiger partial charge is 0.426 e.